The molecule has 2 aromatic rings. The molecule has 2 aliphatic heterocycles. The van der Waals surface area contributed by atoms with Crippen LogP contribution in [0.2, 0.25) is 0 Å². The van der Waals surface area contributed by atoms with Gasteiger partial charge < -0.3 is 15.5 Å². The summed E-state index contributed by atoms with van der Waals surface area (Å²) in [6.45, 7) is 2.60. The molecule has 4 rings (SSSR count). The van der Waals surface area contributed by atoms with Gasteiger partial charge in [-0.25, -0.2) is 4.79 Å². The minimum absolute atomic E-state index is 0.0383. The van der Waals surface area contributed by atoms with Crippen molar-refractivity contribution in [2.24, 2.45) is 0 Å². The second kappa shape index (κ2) is 6.29. The molecule has 0 radical (unpaired) electrons. The van der Waals surface area contributed by atoms with E-state index in [1.165, 1.54) is 0 Å². The molecule has 0 spiro atoms. The summed E-state index contributed by atoms with van der Waals surface area (Å²) in [5, 5.41) is 6.72. The lowest BCUT2D eigenvalue weighted by Crippen LogP contribution is -2.47. The van der Waals surface area contributed by atoms with Gasteiger partial charge in [-0.2, -0.15) is 0 Å². The van der Waals surface area contributed by atoms with E-state index < -0.39 is 5.54 Å². The summed E-state index contributed by atoms with van der Waals surface area (Å²) in [5.74, 6) is 0. The monoisotopic (exact) mass is 321 g/mol. The SMILES string of the molecule is O=C1NC(c2ccccc2)(c2ccccc2)CN1[C@H]1CCCNC1. The number of hydrogen-bond donors (Lipinski definition) is 2. The van der Waals surface area contributed by atoms with Gasteiger partial charge in [0.1, 0.15) is 5.54 Å². The highest BCUT2D eigenvalue weighted by Crippen LogP contribution is 2.36. The Morgan fingerprint density at radius 2 is 1.58 bits per heavy atom. The normalized spacial score (nSPS) is 23.1. The predicted octanol–water partition coefficient (Wildman–Crippen LogP) is 2.71. The first kappa shape index (κ1) is 15.2. The zero-order chi connectivity index (χ0) is 16.4. The number of amides is 2. The van der Waals surface area contributed by atoms with Crippen LogP contribution in [0.1, 0.15) is 24.0 Å². The second-order valence-electron chi connectivity index (χ2n) is 6.70. The van der Waals surface area contributed by atoms with E-state index in [0.29, 0.717) is 6.54 Å². The Morgan fingerprint density at radius 3 is 2.12 bits per heavy atom. The van der Waals surface area contributed by atoms with Gasteiger partial charge in [-0.05, 0) is 30.5 Å². The van der Waals surface area contributed by atoms with Crippen molar-refractivity contribution >= 4 is 6.03 Å². The molecule has 124 valence electrons. The van der Waals surface area contributed by atoms with Crippen LogP contribution in [0.15, 0.2) is 60.7 Å². The smallest absolute Gasteiger partial charge is 0.318 e. The number of carbonyl (C=O) groups excluding carboxylic acids is 1. The van der Waals surface area contributed by atoms with E-state index in [4.69, 9.17) is 0 Å². The quantitative estimate of drug-likeness (QED) is 0.913. The molecule has 4 nitrogen and oxygen atoms in total. The lowest BCUT2D eigenvalue weighted by atomic mass is 9.83. The average molecular weight is 321 g/mol. The fourth-order valence-corrected chi connectivity index (χ4v) is 3.95. The van der Waals surface area contributed by atoms with Crippen molar-refractivity contribution in [2.75, 3.05) is 19.6 Å². The lowest BCUT2D eigenvalue weighted by Gasteiger charge is -2.33. The molecule has 0 bridgehead atoms. The molecule has 24 heavy (non-hydrogen) atoms. The Bertz CT molecular complexity index is 656. The average Bonchev–Trinajstić information content (AvgIpc) is 3.03. The maximum Gasteiger partial charge on any atom is 0.318 e. The number of rotatable bonds is 3. The van der Waals surface area contributed by atoms with Crippen molar-refractivity contribution < 1.29 is 4.79 Å². The summed E-state index contributed by atoms with van der Waals surface area (Å²) in [6.07, 6.45) is 2.19. The topological polar surface area (TPSA) is 44.4 Å². The molecule has 2 aliphatic rings. The number of nitrogens with one attached hydrogen (secondary N) is 2. The van der Waals surface area contributed by atoms with Crippen LogP contribution in [0, 0.1) is 0 Å². The van der Waals surface area contributed by atoms with E-state index in [0.717, 1.165) is 37.1 Å². The summed E-state index contributed by atoms with van der Waals surface area (Å²) in [4.78, 5) is 14.8. The summed E-state index contributed by atoms with van der Waals surface area (Å²) in [7, 11) is 0. The van der Waals surface area contributed by atoms with Crippen LogP contribution in [0.25, 0.3) is 0 Å². The number of benzene rings is 2. The van der Waals surface area contributed by atoms with E-state index in [2.05, 4.69) is 34.9 Å². The number of urea groups is 1. The molecule has 2 aromatic carbocycles. The fraction of sp³-hybridized carbons (Fsp3) is 0.350. The van der Waals surface area contributed by atoms with Gasteiger partial charge >= 0.3 is 6.03 Å². The molecule has 2 amide bonds. The lowest BCUT2D eigenvalue weighted by molar-refractivity contribution is 0.182. The van der Waals surface area contributed by atoms with Crippen molar-refractivity contribution in [2.45, 2.75) is 24.4 Å². The predicted molar refractivity (Wildman–Crippen MR) is 94.8 cm³/mol. The second-order valence-corrected chi connectivity index (χ2v) is 6.70. The Balaban J connectivity index is 1.74. The van der Waals surface area contributed by atoms with E-state index >= 15 is 0 Å². The van der Waals surface area contributed by atoms with Crippen LogP contribution in [-0.4, -0.2) is 36.6 Å². The highest BCUT2D eigenvalue weighted by atomic mass is 16.2. The molecule has 2 saturated heterocycles. The summed E-state index contributed by atoms with van der Waals surface area (Å²) >= 11 is 0. The van der Waals surface area contributed by atoms with Gasteiger partial charge in [0, 0.05) is 12.6 Å². The van der Waals surface area contributed by atoms with Gasteiger partial charge in [-0.3, -0.25) is 0 Å². The van der Waals surface area contributed by atoms with Crippen LogP contribution in [-0.2, 0) is 5.54 Å². The number of hydrogen-bond acceptors (Lipinski definition) is 2. The van der Waals surface area contributed by atoms with E-state index in [9.17, 15) is 4.79 Å². The van der Waals surface area contributed by atoms with Crippen LogP contribution in [0.4, 0.5) is 4.79 Å². The number of nitrogens with zero attached hydrogens (tertiary/aromatic N) is 1. The first-order valence-corrected chi connectivity index (χ1v) is 8.70. The van der Waals surface area contributed by atoms with E-state index in [-0.39, 0.29) is 12.1 Å². The van der Waals surface area contributed by atoms with Gasteiger partial charge in [0.05, 0.1) is 6.54 Å². The standard InChI is InChI=1S/C20H23N3O/c24-19-22-20(16-8-3-1-4-9-16,17-10-5-2-6-11-17)15-23(19)18-12-7-13-21-14-18/h1-6,8-11,18,21H,7,12-15H2,(H,22,24)/t18-/m0/s1. The minimum atomic E-state index is -0.475. The Morgan fingerprint density at radius 1 is 0.958 bits per heavy atom. The third kappa shape index (κ3) is 2.57. The van der Waals surface area contributed by atoms with Crippen LogP contribution < -0.4 is 10.6 Å². The highest BCUT2D eigenvalue weighted by molar-refractivity contribution is 5.80. The van der Waals surface area contributed by atoms with Crippen molar-refractivity contribution in [3.05, 3.63) is 71.8 Å². The molecule has 2 N–H and O–H groups in total. The molecule has 0 unspecified atom stereocenters. The molecule has 0 aromatic heterocycles. The van der Waals surface area contributed by atoms with Crippen molar-refractivity contribution in [3.63, 3.8) is 0 Å². The van der Waals surface area contributed by atoms with Gasteiger partial charge in [-0.1, -0.05) is 60.7 Å². The van der Waals surface area contributed by atoms with Crippen LogP contribution in [0.3, 0.4) is 0 Å². The van der Waals surface area contributed by atoms with Crippen molar-refractivity contribution in [1.29, 1.82) is 0 Å². The van der Waals surface area contributed by atoms with E-state index in [1.54, 1.807) is 0 Å². The maximum absolute atomic E-state index is 12.8. The van der Waals surface area contributed by atoms with Crippen molar-refractivity contribution in [3.8, 4) is 0 Å². The molecule has 0 saturated carbocycles. The van der Waals surface area contributed by atoms with Gasteiger partial charge in [0.25, 0.3) is 0 Å². The summed E-state index contributed by atoms with van der Waals surface area (Å²) in [6, 6.07) is 20.9. The summed E-state index contributed by atoms with van der Waals surface area (Å²) in [5.41, 5.74) is 1.79. The molecular weight excluding hydrogens is 298 g/mol. The molecule has 1 atom stereocenters. The third-order valence-electron chi connectivity index (χ3n) is 5.23. The molecule has 4 heteroatoms. The van der Waals surface area contributed by atoms with Gasteiger partial charge in [0.15, 0.2) is 0 Å². The van der Waals surface area contributed by atoms with Gasteiger partial charge in [0.2, 0.25) is 0 Å². The Hall–Kier alpha value is -2.33. The third-order valence-corrected chi connectivity index (χ3v) is 5.23. The first-order valence-electron chi connectivity index (χ1n) is 8.70. The van der Waals surface area contributed by atoms with Crippen LogP contribution >= 0.6 is 0 Å². The number of carbonyl (C=O) groups is 1. The maximum atomic E-state index is 12.8. The molecule has 2 fully saturated rings. The molecular formula is C20H23N3O. The van der Waals surface area contributed by atoms with E-state index in [1.807, 2.05) is 41.3 Å². The highest BCUT2D eigenvalue weighted by Gasteiger charge is 2.47. The fourth-order valence-electron chi connectivity index (χ4n) is 3.95. The van der Waals surface area contributed by atoms with Crippen LogP contribution in [0.5, 0.6) is 0 Å². The first-order chi connectivity index (χ1) is 11.8. The Labute approximate surface area is 142 Å². The molecule has 0 aliphatic carbocycles. The largest absolute Gasteiger partial charge is 0.323 e. The number of piperidine rings is 1. The Kier molecular flexibility index (Phi) is 3.98. The summed E-state index contributed by atoms with van der Waals surface area (Å²) < 4.78 is 0. The zero-order valence-electron chi connectivity index (χ0n) is 13.7. The minimum Gasteiger partial charge on any atom is -0.323 e. The van der Waals surface area contributed by atoms with Gasteiger partial charge in [-0.15, -0.1) is 0 Å². The molecule has 2 heterocycles. The van der Waals surface area contributed by atoms with Crippen molar-refractivity contribution in [1.82, 2.24) is 15.5 Å². The zero-order valence-corrected chi connectivity index (χ0v) is 13.7.